The molecule has 1 N–H and O–H groups in total. The number of fused-ring (bicyclic) bond motifs is 2. The molecular formula is C10H17NO3S. The van der Waals surface area contributed by atoms with E-state index in [1.807, 2.05) is 4.72 Å². The number of carbonyl (C=O) groups excluding carboxylic acids is 1. The molecule has 0 spiro atoms. The predicted molar refractivity (Wildman–Crippen MR) is 56.5 cm³/mol. The molecule has 0 aromatic rings. The fourth-order valence-corrected chi connectivity index (χ4v) is 3.61. The van der Waals surface area contributed by atoms with Gasteiger partial charge in [0.1, 0.15) is 0 Å². The summed E-state index contributed by atoms with van der Waals surface area (Å²) < 4.78 is 23.7. The average molecular weight is 231 g/mol. The molecule has 5 heteroatoms. The van der Waals surface area contributed by atoms with Crippen LogP contribution >= 0.6 is 0 Å². The second kappa shape index (κ2) is 3.77. The predicted octanol–water partition coefficient (Wildman–Crippen LogP) is 0.888. The third kappa shape index (κ3) is 2.71. The van der Waals surface area contributed by atoms with Crippen LogP contribution in [0.5, 0.6) is 0 Å². The lowest BCUT2D eigenvalue weighted by atomic mass is 9.86. The van der Waals surface area contributed by atoms with Gasteiger partial charge in [0.15, 0.2) is 0 Å². The molecule has 2 aliphatic carbocycles. The first-order valence-electron chi connectivity index (χ1n) is 5.44. The average Bonchev–Trinajstić information content (AvgIpc) is 2.60. The van der Waals surface area contributed by atoms with Crippen LogP contribution in [0.4, 0.5) is 0 Å². The van der Waals surface area contributed by atoms with E-state index in [0.717, 1.165) is 18.6 Å². The van der Waals surface area contributed by atoms with Crippen molar-refractivity contribution in [2.45, 2.75) is 32.1 Å². The molecule has 2 aliphatic rings. The van der Waals surface area contributed by atoms with E-state index < -0.39 is 10.0 Å². The summed E-state index contributed by atoms with van der Waals surface area (Å²) in [5.41, 5.74) is 0. The highest BCUT2D eigenvalue weighted by atomic mass is 32.2. The molecule has 3 atom stereocenters. The SMILES string of the molecule is CS(=O)(=O)NC(=O)C[C@H]1C[C@H]2CC[C@H]1C2. The minimum Gasteiger partial charge on any atom is -0.274 e. The molecule has 0 unspecified atom stereocenters. The molecule has 1 amide bonds. The number of sulfonamides is 1. The second-order valence-corrected chi connectivity index (χ2v) is 6.68. The third-order valence-electron chi connectivity index (χ3n) is 3.63. The van der Waals surface area contributed by atoms with Crippen LogP contribution in [0.2, 0.25) is 0 Å². The largest absolute Gasteiger partial charge is 0.274 e. The van der Waals surface area contributed by atoms with Gasteiger partial charge in [-0.25, -0.2) is 8.42 Å². The lowest BCUT2D eigenvalue weighted by Crippen LogP contribution is -2.31. The Bertz CT molecular complexity index is 363. The number of hydrogen-bond acceptors (Lipinski definition) is 3. The highest BCUT2D eigenvalue weighted by Gasteiger charge is 2.40. The fourth-order valence-electron chi connectivity index (χ4n) is 3.11. The molecule has 2 fully saturated rings. The highest BCUT2D eigenvalue weighted by molar-refractivity contribution is 7.89. The van der Waals surface area contributed by atoms with Crippen LogP contribution in [0.3, 0.4) is 0 Å². The zero-order valence-electron chi connectivity index (χ0n) is 8.90. The van der Waals surface area contributed by atoms with Crippen LogP contribution in [-0.4, -0.2) is 20.6 Å². The number of nitrogens with one attached hydrogen (secondary N) is 1. The summed E-state index contributed by atoms with van der Waals surface area (Å²) in [4.78, 5) is 11.4. The molecule has 86 valence electrons. The van der Waals surface area contributed by atoms with Crippen LogP contribution in [0.1, 0.15) is 32.1 Å². The van der Waals surface area contributed by atoms with E-state index in [1.54, 1.807) is 0 Å². The summed E-state index contributed by atoms with van der Waals surface area (Å²) in [6.45, 7) is 0. The smallest absolute Gasteiger partial charge is 0.233 e. The van der Waals surface area contributed by atoms with Crippen molar-refractivity contribution in [2.24, 2.45) is 17.8 Å². The van der Waals surface area contributed by atoms with Gasteiger partial charge in [-0.2, -0.15) is 0 Å². The Morgan fingerprint density at radius 3 is 2.53 bits per heavy atom. The Morgan fingerprint density at radius 2 is 2.07 bits per heavy atom. The maximum atomic E-state index is 11.4. The molecule has 2 bridgehead atoms. The van der Waals surface area contributed by atoms with Crippen molar-refractivity contribution in [2.75, 3.05) is 6.26 Å². The van der Waals surface area contributed by atoms with E-state index in [4.69, 9.17) is 0 Å². The molecule has 0 heterocycles. The Labute approximate surface area is 90.5 Å². The van der Waals surface area contributed by atoms with Gasteiger partial charge in [0.25, 0.3) is 0 Å². The zero-order valence-corrected chi connectivity index (χ0v) is 9.72. The summed E-state index contributed by atoms with van der Waals surface area (Å²) in [5.74, 6) is 1.55. The minimum atomic E-state index is -3.38. The van der Waals surface area contributed by atoms with Crippen LogP contribution < -0.4 is 4.72 Å². The Kier molecular flexibility index (Phi) is 2.75. The first-order chi connectivity index (χ1) is 6.94. The molecule has 2 saturated carbocycles. The van der Waals surface area contributed by atoms with E-state index in [-0.39, 0.29) is 5.91 Å². The maximum Gasteiger partial charge on any atom is 0.233 e. The van der Waals surface area contributed by atoms with Crippen molar-refractivity contribution < 1.29 is 13.2 Å². The summed E-state index contributed by atoms with van der Waals surface area (Å²) in [5, 5.41) is 0. The molecule has 0 saturated heterocycles. The molecular weight excluding hydrogens is 214 g/mol. The topological polar surface area (TPSA) is 63.2 Å². The summed E-state index contributed by atoms with van der Waals surface area (Å²) in [6, 6.07) is 0. The van der Waals surface area contributed by atoms with Gasteiger partial charge in [0.2, 0.25) is 15.9 Å². The Balaban J connectivity index is 1.85. The van der Waals surface area contributed by atoms with Crippen molar-refractivity contribution in [1.82, 2.24) is 4.72 Å². The van der Waals surface area contributed by atoms with Gasteiger partial charge in [-0.3, -0.25) is 9.52 Å². The molecule has 0 aromatic heterocycles. The van der Waals surface area contributed by atoms with Crippen molar-refractivity contribution >= 4 is 15.9 Å². The lowest BCUT2D eigenvalue weighted by molar-refractivity contribution is -0.120. The van der Waals surface area contributed by atoms with Crippen LogP contribution in [-0.2, 0) is 14.8 Å². The van der Waals surface area contributed by atoms with E-state index in [0.29, 0.717) is 18.3 Å². The van der Waals surface area contributed by atoms with Crippen molar-refractivity contribution in [1.29, 1.82) is 0 Å². The van der Waals surface area contributed by atoms with Gasteiger partial charge in [-0.15, -0.1) is 0 Å². The highest BCUT2D eigenvalue weighted by Crippen LogP contribution is 2.49. The monoisotopic (exact) mass is 231 g/mol. The van der Waals surface area contributed by atoms with Gasteiger partial charge in [-0.1, -0.05) is 6.42 Å². The molecule has 2 rings (SSSR count). The standard InChI is InChI=1S/C10H17NO3S/c1-15(13,14)11-10(12)6-9-5-7-2-3-8(9)4-7/h7-9H,2-6H2,1H3,(H,11,12)/t7-,8-,9+/m0/s1. The first-order valence-corrected chi connectivity index (χ1v) is 7.34. The van der Waals surface area contributed by atoms with Gasteiger partial charge >= 0.3 is 0 Å². The second-order valence-electron chi connectivity index (χ2n) is 4.94. The van der Waals surface area contributed by atoms with E-state index >= 15 is 0 Å². The van der Waals surface area contributed by atoms with Crippen LogP contribution in [0, 0.1) is 17.8 Å². The normalized spacial score (nSPS) is 34.3. The number of carbonyl (C=O) groups is 1. The third-order valence-corrected chi connectivity index (χ3v) is 4.23. The minimum absolute atomic E-state index is 0.338. The van der Waals surface area contributed by atoms with Gasteiger partial charge in [-0.05, 0) is 37.0 Å². The van der Waals surface area contributed by atoms with E-state index in [9.17, 15) is 13.2 Å². The van der Waals surface area contributed by atoms with Crippen LogP contribution in [0.15, 0.2) is 0 Å². The van der Waals surface area contributed by atoms with Crippen molar-refractivity contribution in [3.63, 3.8) is 0 Å². The molecule has 0 aliphatic heterocycles. The Hall–Kier alpha value is -0.580. The van der Waals surface area contributed by atoms with E-state index in [2.05, 4.69) is 0 Å². The first kappa shape index (κ1) is 10.9. The summed E-state index contributed by atoms with van der Waals surface area (Å²) >= 11 is 0. The van der Waals surface area contributed by atoms with Crippen molar-refractivity contribution in [3.8, 4) is 0 Å². The quantitative estimate of drug-likeness (QED) is 0.784. The molecule has 0 radical (unpaired) electrons. The summed E-state index contributed by atoms with van der Waals surface area (Å²) in [6.07, 6.45) is 6.29. The summed E-state index contributed by atoms with van der Waals surface area (Å²) in [7, 11) is -3.38. The van der Waals surface area contributed by atoms with Crippen molar-refractivity contribution in [3.05, 3.63) is 0 Å². The number of rotatable bonds is 3. The number of hydrogen-bond donors (Lipinski definition) is 1. The molecule has 4 nitrogen and oxygen atoms in total. The van der Waals surface area contributed by atoms with Gasteiger partial charge in [0, 0.05) is 6.42 Å². The Morgan fingerprint density at radius 1 is 1.33 bits per heavy atom. The van der Waals surface area contributed by atoms with Gasteiger partial charge in [0.05, 0.1) is 6.26 Å². The number of amides is 1. The lowest BCUT2D eigenvalue weighted by Gasteiger charge is -2.20. The zero-order chi connectivity index (χ0) is 11.1. The molecule has 15 heavy (non-hydrogen) atoms. The van der Waals surface area contributed by atoms with Gasteiger partial charge < -0.3 is 0 Å². The maximum absolute atomic E-state index is 11.4. The van der Waals surface area contributed by atoms with E-state index in [1.165, 1.54) is 19.3 Å². The molecule has 0 aromatic carbocycles. The fraction of sp³-hybridized carbons (Fsp3) is 0.900. The van der Waals surface area contributed by atoms with Crippen LogP contribution in [0.25, 0.3) is 0 Å².